The van der Waals surface area contributed by atoms with Gasteiger partial charge in [0.15, 0.2) is 5.96 Å². The Morgan fingerprint density at radius 2 is 2.12 bits per heavy atom. The second kappa shape index (κ2) is 12.2. The molecule has 0 aliphatic heterocycles. The van der Waals surface area contributed by atoms with Gasteiger partial charge in [0.2, 0.25) is 5.91 Å². The zero-order valence-corrected chi connectivity index (χ0v) is 16.1. The molecule has 25 heavy (non-hydrogen) atoms. The molecule has 1 rings (SSSR count). The molecule has 0 radical (unpaired) electrons. The first-order valence-corrected chi connectivity index (χ1v) is 9.50. The van der Waals surface area contributed by atoms with Crippen molar-refractivity contribution < 1.29 is 9.53 Å². The Morgan fingerprint density at radius 1 is 1.36 bits per heavy atom. The molecule has 0 saturated carbocycles. The monoisotopic (exact) mass is 364 g/mol. The largest absolute Gasteiger partial charge is 0.489 e. The molecule has 0 unspecified atom stereocenters. The van der Waals surface area contributed by atoms with Crippen LogP contribution in [0, 0.1) is 0 Å². The van der Waals surface area contributed by atoms with Crippen LogP contribution in [0.4, 0.5) is 0 Å². The highest BCUT2D eigenvalue weighted by Crippen LogP contribution is 2.18. The van der Waals surface area contributed by atoms with E-state index in [4.69, 9.17) is 4.74 Å². The molecular formula is C18H28N4O2S. The Bertz CT molecular complexity index is 576. The van der Waals surface area contributed by atoms with Crippen molar-refractivity contribution in [3.8, 4) is 5.75 Å². The molecule has 2 N–H and O–H groups in total. The van der Waals surface area contributed by atoms with Crippen LogP contribution in [0.15, 0.2) is 41.9 Å². The zero-order chi connectivity index (χ0) is 18.5. The predicted molar refractivity (Wildman–Crippen MR) is 106 cm³/mol. The van der Waals surface area contributed by atoms with Crippen LogP contribution in [0.3, 0.4) is 0 Å². The molecular weight excluding hydrogens is 336 g/mol. The molecule has 0 aromatic heterocycles. The summed E-state index contributed by atoms with van der Waals surface area (Å²) >= 11 is 1.75. The zero-order valence-electron chi connectivity index (χ0n) is 15.2. The molecule has 0 bridgehead atoms. The minimum Gasteiger partial charge on any atom is -0.489 e. The van der Waals surface area contributed by atoms with Crippen molar-refractivity contribution in [2.45, 2.75) is 6.54 Å². The van der Waals surface area contributed by atoms with E-state index in [9.17, 15) is 4.79 Å². The van der Waals surface area contributed by atoms with Gasteiger partial charge in [-0.05, 0) is 12.3 Å². The maximum atomic E-state index is 11.8. The molecule has 0 heterocycles. The fourth-order valence-corrected chi connectivity index (χ4v) is 2.16. The van der Waals surface area contributed by atoms with E-state index >= 15 is 0 Å². The first-order valence-electron chi connectivity index (χ1n) is 8.11. The number of guanidine groups is 1. The van der Waals surface area contributed by atoms with Crippen molar-refractivity contribution in [1.29, 1.82) is 0 Å². The topological polar surface area (TPSA) is 66.0 Å². The summed E-state index contributed by atoms with van der Waals surface area (Å²) in [7, 11) is 3.46. The highest BCUT2D eigenvalue weighted by Gasteiger charge is 2.07. The minimum absolute atomic E-state index is 0.00548. The Morgan fingerprint density at radius 3 is 2.80 bits per heavy atom. The molecule has 0 aliphatic carbocycles. The summed E-state index contributed by atoms with van der Waals surface area (Å²) in [6.45, 7) is 5.55. The summed E-state index contributed by atoms with van der Waals surface area (Å²) in [5, 5.41) is 6.31. The maximum Gasteiger partial charge on any atom is 0.241 e. The van der Waals surface area contributed by atoms with Gasteiger partial charge in [-0.1, -0.05) is 30.9 Å². The lowest BCUT2D eigenvalue weighted by Gasteiger charge is -2.15. The average Bonchev–Trinajstić information content (AvgIpc) is 2.62. The lowest BCUT2D eigenvalue weighted by molar-refractivity contribution is -0.127. The van der Waals surface area contributed by atoms with Crippen LogP contribution < -0.4 is 15.4 Å². The quantitative estimate of drug-likeness (QED) is 0.287. The normalized spacial score (nSPS) is 10.9. The van der Waals surface area contributed by atoms with Gasteiger partial charge >= 0.3 is 0 Å². The molecule has 0 spiro atoms. The van der Waals surface area contributed by atoms with Crippen LogP contribution in [0.25, 0.3) is 0 Å². The lowest BCUT2D eigenvalue weighted by atomic mass is 10.2. The van der Waals surface area contributed by atoms with Crippen molar-refractivity contribution in [3.05, 3.63) is 42.5 Å². The van der Waals surface area contributed by atoms with Crippen LogP contribution in [0.5, 0.6) is 5.75 Å². The van der Waals surface area contributed by atoms with Gasteiger partial charge in [-0.15, -0.1) is 0 Å². The van der Waals surface area contributed by atoms with Gasteiger partial charge in [-0.2, -0.15) is 11.8 Å². The van der Waals surface area contributed by atoms with Gasteiger partial charge in [0, 0.05) is 32.0 Å². The highest BCUT2D eigenvalue weighted by molar-refractivity contribution is 7.98. The first-order chi connectivity index (χ1) is 12.1. The van der Waals surface area contributed by atoms with E-state index in [0.29, 0.717) is 19.1 Å². The van der Waals surface area contributed by atoms with Crippen LogP contribution in [0.1, 0.15) is 5.56 Å². The Kier molecular flexibility index (Phi) is 10.2. The smallest absolute Gasteiger partial charge is 0.241 e. The van der Waals surface area contributed by atoms with E-state index in [1.165, 1.54) is 0 Å². The summed E-state index contributed by atoms with van der Waals surface area (Å²) < 4.78 is 5.65. The van der Waals surface area contributed by atoms with Crippen LogP contribution in [-0.4, -0.2) is 62.6 Å². The third kappa shape index (κ3) is 8.49. The lowest BCUT2D eigenvalue weighted by Crippen LogP contribution is -2.43. The van der Waals surface area contributed by atoms with Gasteiger partial charge in [-0.25, -0.2) is 4.99 Å². The molecule has 0 atom stereocenters. The Balaban J connectivity index is 2.76. The van der Waals surface area contributed by atoms with Crippen molar-refractivity contribution in [3.63, 3.8) is 0 Å². The van der Waals surface area contributed by atoms with Crippen molar-refractivity contribution in [2.75, 3.05) is 45.8 Å². The minimum atomic E-state index is -0.00548. The molecule has 138 valence electrons. The predicted octanol–water partition coefficient (Wildman–Crippen LogP) is 1.74. The number of carbonyl (C=O) groups excluding carboxylic acids is 1. The van der Waals surface area contributed by atoms with Gasteiger partial charge < -0.3 is 20.3 Å². The number of benzene rings is 1. The van der Waals surface area contributed by atoms with E-state index < -0.39 is 0 Å². The fraction of sp³-hybridized carbons (Fsp3) is 0.444. The van der Waals surface area contributed by atoms with Crippen LogP contribution >= 0.6 is 11.8 Å². The molecule has 1 aromatic rings. The van der Waals surface area contributed by atoms with Crippen LogP contribution in [-0.2, 0) is 11.3 Å². The second-order valence-corrected chi connectivity index (χ2v) is 6.42. The number of nitrogens with zero attached hydrogens (tertiary/aromatic N) is 2. The van der Waals surface area contributed by atoms with Gasteiger partial charge in [0.25, 0.3) is 0 Å². The maximum absolute atomic E-state index is 11.8. The third-order valence-corrected chi connectivity index (χ3v) is 3.85. The molecule has 0 aliphatic rings. The number of likely N-dealkylation sites (N-methyl/N-ethyl adjacent to an activating group) is 1. The van der Waals surface area contributed by atoms with Crippen molar-refractivity contribution >= 4 is 23.6 Å². The number of nitrogens with one attached hydrogen (secondary N) is 2. The molecule has 1 amide bonds. The number of amides is 1. The Labute approximate surface area is 154 Å². The fourth-order valence-electron chi connectivity index (χ4n) is 1.85. The average molecular weight is 365 g/mol. The van der Waals surface area contributed by atoms with E-state index in [1.807, 2.05) is 24.3 Å². The highest BCUT2D eigenvalue weighted by atomic mass is 32.2. The second-order valence-electron chi connectivity index (χ2n) is 5.43. The van der Waals surface area contributed by atoms with Gasteiger partial charge in [0.1, 0.15) is 12.4 Å². The number of aliphatic imine (C=N–C) groups is 1. The molecule has 0 fully saturated rings. The van der Waals surface area contributed by atoms with Crippen molar-refractivity contribution in [1.82, 2.24) is 15.5 Å². The number of rotatable bonds is 10. The summed E-state index contributed by atoms with van der Waals surface area (Å²) in [6, 6.07) is 7.78. The SMILES string of the molecule is C=CCOc1ccccc1CN=C(NCCSC)NCC(=O)N(C)C. The summed E-state index contributed by atoms with van der Waals surface area (Å²) in [4.78, 5) is 17.9. The van der Waals surface area contributed by atoms with E-state index in [2.05, 4.69) is 28.5 Å². The van der Waals surface area contributed by atoms with Gasteiger partial charge in [-0.3, -0.25) is 4.79 Å². The number of ether oxygens (including phenoxy) is 1. The van der Waals surface area contributed by atoms with E-state index in [0.717, 1.165) is 23.6 Å². The summed E-state index contributed by atoms with van der Waals surface area (Å²) in [6.07, 6.45) is 3.76. The molecule has 7 heteroatoms. The molecule has 0 saturated heterocycles. The molecule has 1 aromatic carbocycles. The van der Waals surface area contributed by atoms with E-state index in [1.54, 1.807) is 36.8 Å². The van der Waals surface area contributed by atoms with E-state index in [-0.39, 0.29) is 12.5 Å². The summed E-state index contributed by atoms with van der Waals surface area (Å²) in [5.74, 6) is 2.36. The number of para-hydroxylation sites is 1. The van der Waals surface area contributed by atoms with Crippen molar-refractivity contribution in [2.24, 2.45) is 4.99 Å². The number of carbonyl (C=O) groups is 1. The van der Waals surface area contributed by atoms with Crippen LogP contribution in [0.2, 0.25) is 0 Å². The third-order valence-electron chi connectivity index (χ3n) is 3.24. The number of thioether (sulfide) groups is 1. The number of hydrogen-bond acceptors (Lipinski definition) is 4. The standard InChI is InChI=1S/C18H28N4O2S/c1-5-11-24-16-9-7-6-8-15(16)13-20-18(19-10-12-25-4)21-14-17(23)22(2)3/h5-9H,1,10-14H2,2-4H3,(H2,19,20,21). The van der Waals surface area contributed by atoms with Gasteiger partial charge in [0.05, 0.1) is 13.1 Å². The first kappa shape index (κ1) is 20.9. The Hall–Kier alpha value is -2.15. The number of hydrogen-bond donors (Lipinski definition) is 2. The molecule has 6 nitrogen and oxygen atoms in total. The summed E-state index contributed by atoms with van der Waals surface area (Å²) in [5.41, 5.74) is 0.981.